The standard InChI is InChI=1S/C57H96O6/c1-4-7-10-13-16-19-21-23-25-27-28-30-31-33-35-38-41-44-47-50-56(59)62-53-54(52-61-55(58)49-46-43-40-37-18-15-12-9-6-3)63-57(60)51-48-45-42-39-36-34-32-29-26-24-22-20-17-14-11-8-5-2/h9,12,16,18-19,21,23-24,26,32,34,37,39,42,54H,4-8,10-11,13-15,17,20,22,25,27-31,33,35-36,38,40-41,43-53H2,1-3H3/b12-9-,19-16-,23-21-,26-24-,34-32-,37-18-,42-39-. The summed E-state index contributed by atoms with van der Waals surface area (Å²) in [4.78, 5) is 37.9. The van der Waals surface area contributed by atoms with E-state index in [0.717, 1.165) is 70.6 Å². The van der Waals surface area contributed by atoms with Gasteiger partial charge in [-0.3, -0.25) is 14.4 Å². The van der Waals surface area contributed by atoms with Crippen LogP contribution in [0.25, 0.3) is 0 Å². The van der Waals surface area contributed by atoms with Gasteiger partial charge in [0.2, 0.25) is 0 Å². The summed E-state index contributed by atoms with van der Waals surface area (Å²) in [5.41, 5.74) is 0. The van der Waals surface area contributed by atoms with Gasteiger partial charge >= 0.3 is 17.9 Å². The van der Waals surface area contributed by atoms with E-state index in [9.17, 15) is 14.4 Å². The van der Waals surface area contributed by atoms with E-state index in [1.165, 1.54) is 122 Å². The fourth-order valence-electron chi connectivity index (χ4n) is 6.96. The average molecular weight is 877 g/mol. The molecule has 0 N–H and O–H groups in total. The van der Waals surface area contributed by atoms with Gasteiger partial charge in [-0.2, -0.15) is 0 Å². The van der Waals surface area contributed by atoms with Crippen LogP contribution in [0, 0.1) is 0 Å². The molecule has 1 atom stereocenters. The minimum Gasteiger partial charge on any atom is -0.462 e. The van der Waals surface area contributed by atoms with Gasteiger partial charge in [-0.15, -0.1) is 0 Å². The second-order valence-electron chi connectivity index (χ2n) is 17.1. The lowest BCUT2D eigenvalue weighted by Gasteiger charge is -2.18. The molecule has 0 aromatic rings. The molecule has 0 bridgehead atoms. The minimum absolute atomic E-state index is 0.109. The maximum atomic E-state index is 12.8. The van der Waals surface area contributed by atoms with Crippen LogP contribution >= 0.6 is 0 Å². The quantitative estimate of drug-likeness (QED) is 0.0199. The fraction of sp³-hybridized carbons (Fsp3) is 0.702. The normalized spacial score (nSPS) is 12.7. The molecular weight excluding hydrogens is 781 g/mol. The van der Waals surface area contributed by atoms with Crippen molar-refractivity contribution in [3.63, 3.8) is 0 Å². The number of unbranched alkanes of at least 4 members (excludes halogenated alkanes) is 22. The Kier molecular flexibility index (Phi) is 48.5. The van der Waals surface area contributed by atoms with Gasteiger partial charge in [0, 0.05) is 19.3 Å². The number of hydrogen-bond acceptors (Lipinski definition) is 6. The van der Waals surface area contributed by atoms with Crippen LogP contribution in [0.4, 0.5) is 0 Å². The molecule has 0 rings (SSSR count). The highest BCUT2D eigenvalue weighted by Crippen LogP contribution is 2.14. The molecule has 360 valence electrons. The van der Waals surface area contributed by atoms with Gasteiger partial charge in [0.1, 0.15) is 13.2 Å². The zero-order valence-electron chi connectivity index (χ0n) is 41.1. The molecule has 0 aromatic carbocycles. The van der Waals surface area contributed by atoms with E-state index in [1.807, 2.05) is 0 Å². The van der Waals surface area contributed by atoms with E-state index < -0.39 is 6.10 Å². The average Bonchev–Trinajstić information content (AvgIpc) is 3.28. The van der Waals surface area contributed by atoms with E-state index in [1.54, 1.807) is 0 Å². The minimum atomic E-state index is -0.816. The molecule has 0 aromatic heterocycles. The van der Waals surface area contributed by atoms with Crippen LogP contribution < -0.4 is 0 Å². The second kappa shape index (κ2) is 51.2. The monoisotopic (exact) mass is 877 g/mol. The summed E-state index contributed by atoms with van der Waals surface area (Å²) in [6, 6.07) is 0. The summed E-state index contributed by atoms with van der Waals surface area (Å²) < 4.78 is 16.7. The van der Waals surface area contributed by atoms with Crippen LogP contribution in [0.5, 0.6) is 0 Å². The van der Waals surface area contributed by atoms with Crippen LogP contribution in [0.1, 0.15) is 239 Å². The van der Waals surface area contributed by atoms with Crippen LogP contribution in [0.15, 0.2) is 85.1 Å². The Bertz CT molecular complexity index is 1240. The molecule has 1 unspecified atom stereocenters. The zero-order chi connectivity index (χ0) is 45.8. The molecule has 6 heteroatoms. The Morgan fingerprint density at radius 1 is 0.349 bits per heavy atom. The smallest absolute Gasteiger partial charge is 0.306 e. The van der Waals surface area contributed by atoms with Gasteiger partial charge in [0.05, 0.1) is 0 Å². The molecule has 6 nitrogen and oxygen atoms in total. The van der Waals surface area contributed by atoms with Crippen molar-refractivity contribution in [1.29, 1.82) is 0 Å². The van der Waals surface area contributed by atoms with E-state index in [-0.39, 0.29) is 37.5 Å². The zero-order valence-corrected chi connectivity index (χ0v) is 41.1. The molecule has 0 aliphatic carbocycles. The number of allylic oxidation sites excluding steroid dienone is 14. The SMILES string of the molecule is CC/C=C\C/C=C\CCCCC(=O)OCC(COC(=O)CCCCCCCCCCCC/C=C\C=C/CCCCC)OC(=O)CCC/C=C\C/C=C\C/C=C\CCCCCCCC. The van der Waals surface area contributed by atoms with E-state index in [2.05, 4.69) is 106 Å². The molecule has 0 saturated carbocycles. The molecule has 0 saturated heterocycles. The summed E-state index contributed by atoms with van der Waals surface area (Å²) in [7, 11) is 0. The maximum absolute atomic E-state index is 12.8. The highest BCUT2D eigenvalue weighted by atomic mass is 16.6. The predicted molar refractivity (Wildman–Crippen MR) is 270 cm³/mol. The van der Waals surface area contributed by atoms with Crippen molar-refractivity contribution >= 4 is 17.9 Å². The van der Waals surface area contributed by atoms with Gasteiger partial charge in [-0.25, -0.2) is 0 Å². The Morgan fingerprint density at radius 3 is 1.17 bits per heavy atom. The summed E-state index contributed by atoms with van der Waals surface area (Å²) in [6.07, 6.45) is 65.9. The molecule has 0 fully saturated rings. The van der Waals surface area contributed by atoms with Crippen LogP contribution in [-0.4, -0.2) is 37.2 Å². The first-order valence-corrected chi connectivity index (χ1v) is 26.1. The first-order valence-electron chi connectivity index (χ1n) is 26.1. The van der Waals surface area contributed by atoms with Gasteiger partial charge in [-0.05, 0) is 103 Å². The van der Waals surface area contributed by atoms with Crippen molar-refractivity contribution in [2.75, 3.05) is 13.2 Å². The number of hydrogen-bond donors (Lipinski definition) is 0. The number of ether oxygens (including phenoxy) is 3. The maximum Gasteiger partial charge on any atom is 0.306 e. The highest BCUT2D eigenvalue weighted by Gasteiger charge is 2.19. The van der Waals surface area contributed by atoms with Crippen molar-refractivity contribution in [2.24, 2.45) is 0 Å². The van der Waals surface area contributed by atoms with Gasteiger partial charge in [0.25, 0.3) is 0 Å². The third-order valence-corrected chi connectivity index (χ3v) is 10.9. The van der Waals surface area contributed by atoms with Gasteiger partial charge in [0.15, 0.2) is 6.10 Å². The van der Waals surface area contributed by atoms with Crippen molar-refractivity contribution in [3.05, 3.63) is 85.1 Å². The summed E-state index contributed by atoms with van der Waals surface area (Å²) in [5, 5.41) is 0. The summed E-state index contributed by atoms with van der Waals surface area (Å²) in [6.45, 7) is 6.40. The Labute approximate surface area is 388 Å². The van der Waals surface area contributed by atoms with Crippen molar-refractivity contribution < 1.29 is 28.6 Å². The number of esters is 3. The van der Waals surface area contributed by atoms with E-state index in [0.29, 0.717) is 19.3 Å². The molecule has 0 heterocycles. The Morgan fingerprint density at radius 2 is 0.683 bits per heavy atom. The molecule has 0 radical (unpaired) electrons. The van der Waals surface area contributed by atoms with E-state index >= 15 is 0 Å². The summed E-state index contributed by atoms with van der Waals surface area (Å²) >= 11 is 0. The lowest BCUT2D eigenvalue weighted by atomic mass is 10.1. The first kappa shape index (κ1) is 59.6. The van der Waals surface area contributed by atoms with Crippen LogP contribution in [0.2, 0.25) is 0 Å². The number of rotatable bonds is 46. The largest absolute Gasteiger partial charge is 0.462 e. The molecule has 0 amide bonds. The van der Waals surface area contributed by atoms with Crippen LogP contribution in [-0.2, 0) is 28.6 Å². The third-order valence-electron chi connectivity index (χ3n) is 10.9. The predicted octanol–water partition coefficient (Wildman–Crippen LogP) is 17.2. The number of carbonyl (C=O) groups excluding carboxylic acids is 3. The highest BCUT2D eigenvalue weighted by molar-refractivity contribution is 5.71. The molecular formula is C57H96O6. The van der Waals surface area contributed by atoms with Crippen molar-refractivity contribution in [1.82, 2.24) is 0 Å². The molecule has 0 aliphatic heterocycles. The molecule has 0 aliphatic rings. The van der Waals surface area contributed by atoms with Crippen LogP contribution in [0.3, 0.4) is 0 Å². The van der Waals surface area contributed by atoms with Crippen molar-refractivity contribution in [3.8, 4) is 0 Å². The fourth-order valence-corrected chi connectivity index (χ4v) is 6.96. The molecule has 63 heavy (non-hydrogen) atoms. The first-order chi connectivity index (χ1) is 31.0. The molecule has 0 spiro atoms. The second-order valence-corrected chi connectivity index (χ2v) is 17.1. The van der Waals surface area contributed by atoms with Gasteiger partial charge < -0.3 is 14.2 Å². The van der Waals surface area contributed by atoms with Crippen molar-refractivity contribution in [2.45, 2.75) is 245 Å². The third kappa shape index (κ3) is 49.5. The van der Waals surface area contributed by atoms with E-state index in [4.69, 9.17) is 14.2 Å². The lowest BCUT2D eigenvalue weighted by Crippen LogP contribution is -2.30. The summed E-state index contributed by atoms with van der Waals surface area (Å²) in [5.74, 6) is -1.01. The lowest BCUT2D eigenvalue weighted by molar-refractivity contribution is -0.167. The Balaban J connectivity index is 4.40. The Hall–Kier alpha value is -3.41. The number of carbonyl (C=O) groups is 3. The topological polar surface area (TPSA) is 78.9 Å². The van der Waals surface area contributed by atoms with Gasteiger partial charge in [-0.1, -0.05) is 202 Å².